The minimum atomic E-state index is -0.0572. The quantitative estimate of drug-likeness (QED) is 0.682. The van der Waals surface area contributed by atoms with E-state index in [1.165, 1.54) is 0 Å². The highest BCUT2D eigenvalue weighted by atomic mass is 16.5. The number of likely N-dealkylation sites (N-methyl/N-ethyl adjacent to an activating group) is 1. The molecule has 4 heteroatoms. The molecule has 0 aliphatic carbocycles. The molecule has 1 amide bonds. The molecule has 2 rings (SSSR count). The van der Waals surface area contributed by atoms with E-state index in [0.717, 1.165) is 11.1 Å². The summed E-state index contributed by atoms with van der Waals surface area (Å²) in [6, 6.07) is 15.3. The van der Waals surface area contributed by atoms with E-state index < -0.39 is 0 Å². The zero-order valence-corrected chi connectivity index (χ0v) is 12.8. The molecule has 2 N–H and O–H groups in total. The number of hydrogen-bond donors (Lipinski definition) is 1. The van der Waals surface area contributed by atoms with Crippen LogP contribution in [0.3, 0.4) is 0 Å². The third-order valence-corrected chi connectivity index (χ3v) is 3.31. The fraction of sp³-hybridized carbons (Fsp3) is 0.167. The molecular weight excluding hydrogens is 276 g/mol. The van der Waals surface area contributed by atoms with E-state index in [1.54, 1.807) is 43.3 Å². The van der Waals surface area contributed by atoms with Crippen molar-refractivity contribution in [2.24, 2.45) is 0 Å². The van der Waals surface area contributed by atoms with Gasteiger partial charge in [0.05, 0.1) is 12.8 Å². The zero-order chi connectivity index (χ0) is 15.9. The Hall–Kier alpha value is -2.75. The average Bonchev–Trinajstić information content (AvgIpc) is 2.53. The summed E-state index contributed by atoms with van der Waals surface area (Å²) < 4.78 is 5.11. The van der Waals surface area contributed by atoms with Crippen LogP contribution in [-0.4, -0.2) is 25.0 Å². The number of carbonyl (C=O) groups is 1. The Bertz CT molecular complexity index is 666. The van der Waals surface area contributed by atoms with Crippen LogP contribution in [0.15, 0.2) is 54.6 Å². The van der Waals surface area contributed by atoms with Gasteiger partial charge in [0.15, 0.2) is 0 Å². The number of nitrogens with zero attached hydrogens (tertiary/aromatic N) is 1. The third kappa shape index (κ3) is 4.12. The highest BCUT2D eigenvalue weighted by Crippen LogP contribution is 2.22. The molecule has 0 spiro atoms. The molecule has 2 aromatic carbocycles. The molecule has 0 aromatic heterocycles. The van der Waals surface area contributed by atoms with Gasteiger partial charge in [0.1, 0.15) is 5.75 Å². The molecule has 0 fully saturated rings. The molecule has 0 aliphatic heterocycles. The minimum absolute atomic E-state index is 0.0572. The van der Waals surface area contributed by atoms with Crippen molar-refractivity contribution in [3.05, 3.63) is 65.7 Å². The van der Waals surface area contributed by atoms with Crippen LogP contribution < -0.4 is 10.5 Å². The second-order valence-electron chi connectivity index (χ2n) is 5.01. The summed E-state index contributed by atoms with van der Waals surface area (Å²) in [5.74, 6) is 0.572. The number of amides is 1. The van der Waals surface area contributed by atoms with Gasteiger partial charge in [0, 0.05) is 19.7 Å². The fourth-order valence-electron chi connectivity index (χ4n) is 2.09. The van der Waals surface area contributed by atoms with E-state index in [-0.39, 0.29) is 5.91 Å². The molecule has 0 saturated heterocycles. The number of carbonyl (C=O) groups excluding carboxylic acids is 1. The van der Waals surface area contributed by atoms with E-state index in [9.17, 15) is 4.79 Å². The molecule has 0 atom stereocenters. The van der Waals surface area contributed by atoms with Crippen molar-refractivity contribution in [2.45, 2.75) is 6.54 Å². The van der Waals surface area contributed by atoms with Gasteiger partial charge in [-0.1, -0.05) is 36.4 Å². The van der Waals surface area contributed by atoms with Gasteiger partial charge in [-0.15, -0.1) is 0 Å². The number of methoxy groups -OCH3 is 1. The van der Waals surface area contributed by atoms with Crippen molar-refractivity contribution in [1.29, 1.82) is 0 Å². The van der Waals surface area contributed by atoms with Crippen molar-refractivity contribution in [2.75, 3.05) is 19.9 Å². The maximum absolute atomic E-state index is 12.1. The van der Waals surface area contributed by atoms with Crippen LogP contribution in [-0.2, 0) is 11.3 Å². The topological polar surface area (TPSA) is 55.6 Å². The van der Waals surface area contributed by atoms with Gasteiger partial charge in [-0.25, -0.2) is 0 Å². The van der Waals surface area contributed by atoms with Crippen LogP contribution in [0.1, 0.15) is 11.1 Å². The zero-order valence-electron chi connectivity index (χ0n) is 12.8. The molecule has 0 saturated carbocycles. The van der Waals surface area contributed by atoms with Crippen molar-refractivity contribution in [1.82, 2.24) is 4.90 Å². The number of nitrogen functional groups attached to an aromatic ring is 1. The summed E-state index contributed by atoms with van der Waals surface area (Å²) in [5, 5.41) is 0. The van der Waals surface area contributed by atoms with Crippen LogP contribution >= 0.6 is 0 Å². The Kier molecular flexibility index (Phi) is 5.20. The molecule has 114 valence electrons. The van der Waals surface area contributed by atoms with Crippen LogP contribution in [0.4, 0.5) is 5.69 Å². The van der Waals surface area contributed by atoms with Gasteiger partial charge in [0.2, 0.25) is 5.91 Å². The molecule has 0 radical (unpaired) electrons. The maximum Gasteiger partial charge on any atom is 0.246 e. The van der Waals surface area contributed by atoms with Gasteiger partial charge >= 0.3 is 0 Å². The highest BCUT2D eigenvalue weighted by molar-refractivity contribution is 5.91. The van der Waals surface area contributed by atoms with Crippen LogP contribution in [0.25, 0.3) is 6.08 Å². The lowest BCUT2D eigenvalue weighted by atomic mass is 10.1. The lowest BCUT2D eigenvalue weighted by molar-refractivity contribution is -0.125. The number of rotatable bonds is 5. The standard InChI is InChI=1S/C18H20N2O2/c1-20(13-15-6-4-3-5-7-15)18(21)11-9-14-8-10-17(22-2)16(19)12-14/h3-12H,13,19H2,1-2H3/b11-9+. The highest BCUT2D eigenvalue weighted by Gasteiger charge is 2.05. The smallest absolute Gasteiger partial charge is 0.246 e. The summed E-state index contributed by atoms with van der Waals surface area (Å²) in [6.07, 6.45) is 3.30. The molecule has 0 unspecified atom stereocenters. The van der Waals surface area contributed by atoms with E-state index in [4.69, 9.17) is 10.5 Å². The molecule has 0 bridgehead atoms. The molecule has 0 heterocycles. The largest absolute Gasteiger partial charge is 0.495 e. The minimum Gasteiger partial charge on any atom is -0.495 e. The fourth-order valence-corrected chi connectivity index (χ4v) is 2.09. The lowest BCUT2D eigenvalue weighted by Gasteiger charge is -2.15. The van der Waals surface area contributed by atoms with Gasteiger partial charge in [0.25, 0.3) is 0 Å². The summed E-state index contributed by atoms with van der Waals surface area (Å²) >= 11 is 0. The normalized spacial score (nSPS) is 10.6. The van der Waals surface area contributed by atoms with Crippen LogP contribution in [0, 0.1) is 0 Å². The van der Waals surface area contributed by atoms with Crippen LogP contribution in [0.2, 0.25) is 0 Å². The van der Waals surface area contributed by atoms with Gasteiger partial charge in [-0.2, -0.15) is 0 Å². The van der Waals surface area contributed by atoms with Gasteiger partial charge < -0.3 is 15.4 Å². The predicted molar refractivity (Wildman–Crippen MR) is 89.4 cm³/mol. The van der Waals surface area contributed by atoms with Crippen molar-refractivity contribution in [3.8, 4) is 5.75 Å². The predicted octanol–water partition coefficient (Wildman–Crippen LogP) is 2.95. The van der Waals surface area contributed by atoms with E-state index in [2.05, 4.69) is 0 Å². The Balaban J connectivity index is 2.00. The Morgan fingerprint density at radius 2 is 1.95 bits per heavy atom. The first-order valence-corrected chi connectivity index (χ1v) is 7.01. The number of nitrogens with two attached hydrogens (primary N) is 1. The van der Waals surface area contributed by atoms with Crippen LogP contribution in [0.5, 0.6) is 5.75 Å². The van der Waals surface area contributed by atoms with Gasteiger partial charge in [-0.3, -0.25) is 4.79 Å². The molecule has 4 nitrogen and oxygen atoms in total. The molecule has 0 aliphatic rings. The Labute approximate surface area is 130 Å². The van der Waals surface area contributed by atoms with Gasteiger partial charge in [-0.05, 0) is 29.3 Å². The number of anilines is 1. The summed E-state index contributed by atoms with van der Waals surface area (Å²) in [5.41, 5.74) is 8.36. The average molecular weight is 296 g/mol. The third-order valence-electron chi connectivity index (χ3n) is 3.31. The summed E-state index contributed by atoms with van der Waals surface area (Å²) in [6.45, 7) is 0.578. The first kappa shape index (κ1) is 15.6. The maximum atomic E-state index is 12.1. The summed E-state index contributed by atoms with van der Waals surface area (Å²) in [7, 11) is 3.35. The molecule has 22 heavy (non-hydrogen) atoms. The number of ether oxygens (including phenoxy) is 1. The van der Waals surface area contributed by atoms with Crippen molar-refractivity contribution in [3.63, 3.8) is 0 Å². The Morgan fingerprint density at radius 3 is 2.59 bits per heavy atom. The number of hydrogen-bond acceptors (Lipinski definition) is 3. The van der Waals surface area contributed by atoms with Crippen molar-refractivity contribution >= 4 is 17.7 Å². The number of benzene rings is 2. The van der Waals surface area contributed by atoms with E-state index in [1.807, 2.05) is 36.4 Å². The lowest BCUT2D eigenvalue weighted by Crippen LogP contribution is -2.24. The Morgan fingerprint density at radius 1 is 1.23 bits per heavy atom. The second kappa shape index (κ2) is 7.31. The molecule has 2 aromatic rings. The first-order valence-electron chi connectivity index (χ1n) is 7.01. The monoisotopic (exact) mass is 296 g/mol. The van der Waals surface area contributed by atoms with Crippen molar-refractivity contribution < 1.29 is 9.53 Å². The van der Waals surface area contributed by atoms with E-state index >= 15 is 0 Å². The van der Waals surface area contributed by atoms with E-state index in [0.29, 0.717) is 18.0 Å². The molecular formula is C18H20N2O2. The SMILES string of the molecule is COc1ccc(/C=C/C(=O)N(C)Cc2ccccc2)cc1N. The first-order chi connectivity index (χ1) is 10.6. The second-order valence-corrected chi connectivity index (χ2v) is 5.01. The summed E-state index contributed by atoms with van der Waals surface area (Å²) in [4.78, 5) is 13.8.